The number of anilines is 1. The lowest BCUT2D eigenvalue weighted by molar-refractivity contribution is -0.133. The fraction of sp³-hybridized carbons (Fsp3) is 0.460. The molecule has 63 heavy (non-hydrogen) atoms. The summed E-state index contributed by atoms with van der Waals surface area (Å²) in [4.78, 5) is 20.7. The minimum absolute atomic E-state index is 0.0142. The van der Waals surface area contributed by atoms with Gasteiger partial charge in [-0.25, -0.2) is 8.42 Å². The molecular weight excluding hydrogens is 947 g/mol. The van der Waals surface area contributed by atoms with Crippen molar-refractivity contribution in [3.05, 3.63) is 128 Å². The van der Waals surface area contributed by atoms with Gasteiger partial charge in [0.05, 0.1) is 31.8 Å². The maximum atomic E-state index is 14.6. The van der Waals surface area contributed by atoms with Crippen LogP contribution in [0.5, 0.6) is 17.2 Å². The van der Waals surface area contributed by atoms with Gasteiger partial charge in [0.2, 0.25) is 15.9 Å². The first-order chi connectivity index (χ1) is 30.2. The number of nitrogens with zero attached hydrogens (tertiary/aromatic N) is 4. The molecule has 5 atom stereocenters. The quantitative estimate of drug-likeness (QED) is 0.0811. The molecule has 0 radical (unpaired) electrons. The summed E-state index contributed by atoms with van der Waals surface area (Å²) in [6, 6.07) is 27.4. The Morgan fingerprint density at radius 1 is 0.952 bits per heavy atom. The second-order valence-corrected chi connectivity index (χ2v) is 21.8. The van der Waals surface area contributed by atoms with Gasteiger partial charge in [0.1, 0.15) is 23.3 Å². The van der Waals surface area contributed by atoms with Gasteiger partial charge in [-0.2, -0.15) is 4.31 Å². The predicted molar refractivity (Wildman–Crippen MR) is 262 cm³/mol. The normalized spacial score (nSPS) is 20.5. The number of halogens is 2. The summed E-state index contributed by atoms with van der Waals surface area (Å²) in [5.74, 6) is 2.10. The second-order valence-electron chi connectivity index (χ2n) is 17.8. The Hall–Kier alpha value is -3.82. The lowest BCUT2D eigenvalue weighted by Gasteiger charge is -2.42. The zero-order chi connectivity index (χ0) is 44.9. The highest BCUT2D eigenvalue weighted by atomic mass is 127. The standard InChI is InChI=1S/C50H62ClIN4O6S/c1-35(36(2)63(58,59)55(30-37-14-20-43(60-5)21-15-37)31-38-16-22-44(61-6)23-17-38)10-7-13-46(49(57)53(3)4)56-27-9-12-42(56)32-54-33-50(34-62-48-25-19-41(52)29-47(48)54)26-8-11-39-28-40(51)18-24-45(39)50/h7,13-25,28-29,35-36,42,46H,8-12,26-27,30-34H2,1-6H3/b13-7+/t35-,36+,42-,46?,50-/m0/s1. The van der Waals surface area contributed by atoms with Gasteiger partial charge in [0, 0.05) is 60.3 Å². The van der Waals surface area contributed by atoms with Crippen LogP contribution in [-0.4, -0.2) is 100 Å². The van der Waals surface area contributed by atoms with Gasteiger partial charge >= 0.3 is 0 Å². The molecule has 0 aromatic heterocycles. The van der Waals surface area contributed by atoms with Crippen molar-refractivity contribution in [2.24, 2.45) is 5.92 Å². The van der Waals surface area contributed by atoms with E-state index in [0.717, 1.165) is 82.9 Å². The summed E-state index contributed by atoms with van der Waals surface area (Å²) in [6.07, 6.45) is 9.60. The van der Waals surface area contributed by atoms with E-state index in [1.165, 1.54) is 11.1 Å². The molecule has 0 saturated carbocycles. The van der Waals surface area contributed by atoms with Gasteiger partial charge in [-0.3, -0.25) is 9.69 Å². The number of sulfonamides is 1. The molecule has 1 fully saturated rings. The van der Waals surface area contributed by atoms with Crippen molar-refractivity contribution in [1.29, 1.82) is 0 Å². The Kier molecular flexibility index (Phi) is 15.4. The Labute approximate surface area is 393 Å². The Balaban J connectivity index is 1.11. The van der Waals surface area contributed by atoms with Crippen molar-refractivity contribution in [2.45, 2.75) is 88.2 Å². The number of hydrogen-bond donors (Lipinski definition) is 0. The highest BCUT2D eigenvalue weighted by Crippen LogP contribution is 2.45. The van der Waals surface area contributed by atoms with Crippen LogP contribution in [0.4, 0.5) is 5.69 Å². The lowest BCUT2D eigenvalue weighted by Crippen LogP contribution is -2.53. The summed E-state index contributed by atoms with van der Waals surface area (Å²) in [5.41, 5.74) is 5.26. The highest BCUT2D eigenvalue weighted by Gasteiger charge is 2.44. The molecule has 0 bridgehead atoms. The van der Waals surface area contributed by atoms with Crippen LogP contribution < -0.4 is 19.1 Å². The highest BCUT2D eigenvalue weighted by molar-refractivity contribution is 14.1. The molecule has 338 valence electrons. The van der Waals surface area contributed by atoms with Crippen molar-refractivity contribution in [3.63, 3.8) is 0 Å². The molecule has 1 spiro atoms. The number of carbonyl (C=O) groups excluding carboxylic acids is 1. The van der Waals surface area contributed by atoms with E-state index in [1.54, 1.807) is 30.3 Å². The van der Waals surface area contributed by atoms with Crippen molar-refractivity contribution >= 4 is 55.8 Å². The zero-order valence-corrected chi connectivity index (χ0v) is 41.2. The van der Waals surface area contributed by atoms with Gasteiger partial charge in [-0.05, 0) is 157 Å². The number of aryl methyl sites for hydroxylation is 1. The van der Waals surface area contributed by atoms with E-state index in [-0.39, 0.29) is 36.4 Å². The number of methoxy groups -OCH3 is 2. The Bertz CT molecular complexity index is 2300. The first kappa shape index (κ1) is 47.2. The van der Waals surface area contributed by atoms with Crippen LogP contribution in [-0.2, 0) is 39.7 Å². The maximum Gasteiger partial charge on any atom is 0.243 e. The third kappa shape index (κ3) is 10.8. The molecule has 7 rings (SSSR count). The number of amides is 1. The summed E-state index contributed by atoms with van der Waals surface area (Å²) in [5, 5.41) is 0.0748. The van der Waals surface area contributed by atoms with Crippen LogP contribution in [0.25, 0.3) is 0 Å². The number of rotatable bonds is 16. The van der Waals surface area contributed by atoms with Crippen LogP contribution in [0.2, 0.25) is 5.02 Å². The smallest absolute Gasteiger partial charge is 0.243 e. The van der Waals surface area contributed by atoms with Gasteiger partial charge in [0.15, 0.2) is 0 Å². The summed E-state index contributed by atoms with van der Waals surface area (Å²) in [7, 11) is 3.07. The van der Waals surface area contributed by atoms with Crippen LogP contribution in [0.1, 0.15) is 68.2 Å². The number of benzene rings is 4. The first-order valence-corrected chi connectivity index (χ1v) is 25.0. The third-order valence-corrected chi connectivity index (χ3v) is 16.7. The number of hydrogen-bond acceptors (Lipinski definition) is 8. The number of likely N-dealkylation sites (tertiary alicyclic amines) is 1. The monoisotopic (exact) mass is 1010 g/mol. The fourth-order valence-electron chi connectivity index (χ4n) is 9.61. The van der Waals surface area contributed by atoms with E-state index in [9.17, 15) is 13.2 Å². The first-order valence-electron chi connectivity index (χ1n) is 22.1. The number of allylic oxidation sites excluding steroid dienone is 1. The number of carbonyl (C=O) groups is 1. The van der Waals surface area contributed by atoms with Gasteiger partial charge < -0.3 is 24.0 Å². The average molecular weight is 1010 g/mol. The minimum Gasteiger partial charge on any atom is -0.497 e. The third-order valence-electron chi connectivity index (χ3n) is 13.4. The summed E-state index contributed by atoms with van der Waals surface area (Å²) < 4.78 is 49.3. The molecule has 2 heterocycles. The Morgan fingerprint density at radius 2 is 1.62 bits per heavy atom. The maximum absolute atomic E-state index is 14.6. The molecule has 4 aromatic rings. The lowest BCUT2D eigenvalue weighted by atomic mass is 9.70. The molecule has 3 aliphatic rings. The number of fused-ring (bicyclic) bond motifs is 3. The van der Waals surface area contributed by atoms with Crippen LogP contribution in [0, 0.1) is 9.49 Å². The molecule has 4 aromatic carbocycles. The summed E-state index contributed by atoms with van der Waals surface area (Å²) >= 11 is 8.90. The molecule has 1 unspecified atom stereocenters. The van der Waals surface area contributed by atoms with E-state index in [1.807, 2.05) is 87.8 Å². The molecule has 13 heteroatoms. The fourth-order valence-corrected chi connectivity index (χ4v) is 12.1. The summed E-state index contributed by atoms with van der Waals surface area (Å²) in [6.45, 7) is 7.16. The SMILES string of the molecule is COc1ccc(CN(Cc2ccc(OC)cc2)S(=O)(=O)[C@H](C)[C@@H](C)C/C=C/C(C(=O)N(C)C)N2CCC[C@H]2CN2C[C@@]3(CCCc4cc(Cl)ccc43)COc3ccc(I)cc32)cc1. The molecule has 0 N–H and O–H groups in total. The van der Waals surface area contributed by atoms with E-state index in [0.29, 0.717) is 24.5 Å². The van der Waals surface area contributed by atoms with Crippen molar-refractivity contribution < 1.29 is 27.4 Å². The van der Waals surface area contributed by atoms with Crippen molar-refractivity contribution in [3.8, 4) is 17.2 Å². The molecule has 1 aliphatic carbocycles. The second kappa shape index (κ2) is 20.6. The predicted octanol–water partition coefficient (Wildman–Crippen LogP) is 9.36. The molecular formula is C50H62ClIN4O6S. The van der Waals surface area contributed by atoms with Crippen LogP contribution in [0.15, 0.2) is 97.1 Å². The largest absolute Gasteiger partial charge is 0.497 e. The van der Waals surface area contributed by atoms with Gasteiger partial charge in [0.25, 0.3) is 0 Å². The topological polar surface area (TPSA) is 91.9 Å². The Morgan fingerprint density at radius 3 is 2.25 bits per heavy atom. The van der Waals surface area contributed by atoms with Gasteiger partial charge in [-0.15, -0.1) is 0 Å². The number of likely N-dealkylation sites (N-methyl/N-ethyl adjacent to an activating group) is 1. The van der Waals surface area contributed by atoms with Crippen LogP contribution >= 0.6 is 34.2 Å². The zero-order valence-electron chi connectivity index (χ0n) is 37.4. The molecule has 2 aliphatic heterocycles. The minimum atomic E-state index is -3.78. The van der Waals surface area contributed by atoms with E-state index in [4.69, 9.17) is 25.8 Å². The molecule has 1 amide bonds. The van der Waals surface area contributed by atoms with E-state index >= 15 is 0 Å². The average Bonchev–Trinajstić information content (AvgIpc) is 3.68. The number of ether oxygens (including phenoxy) is 3. The van der Waals surface area contributed by atoms with Crippen molar-refractivity contribution in [1.82, 2.24) is 14.1 Å². The van der Waals surface area contributed by atoms with E-state index in [2.05, 4.69) is 62.7 Å². The molecule has 10 nitrogen and oxygen atoms in total. The van der Waals surface area contributed by atoms with Crippen molar-refractivity contribution in [2.75, 3.05) is 59.5 Å². The van der Waals surface area contributed by atoms with E-state index < -0.39 is 21.3 Å². The van der Waals surface area contributed by atoms with Gasteiger partial charge in [-0.1, -0.05) is 61.0 Å². The van der Waals surface area contributed by atoms with Crippen LogP contribution in [0.3, 0.4) is 0 Å². The molecule has 1 saturated heterocycles.